The molecule has 7 nitrogen and oxygen atoms in total. The highest BCUT2D eigenvalue weighted by Gasteiger charge is 2.30. The fourth-order valence-corrected chi connectivity index (χ4v) is 3.35. The minimum absolute atomic E-state index is 0.126. The number of carboxylic acid groups (broad SMARTS) is 1. The number of rotatable bonds is 5. The lowest BCUT2D eigenvalue weighted by molar-refractivity contribution is -0.141. The molecular formula is C18H22N2O5. The van der Waals surface area contributed by atoms with Crippen LogP contribution in [0.5, 0.6) is 0 Å². The van der Waals surface area contributed by atoms with Gasteiger partial charge in [-0.25, -0.2) is 0 Å². The topological polar surface area (TPSA) is 105 Å². The molecule has 1 saturated heterocycles. The summed E-state index contributed by atoms with van der Waals surface area (Å²) in [6.45, 7) is 0.596. The fourth-order valence-electron chi connectivity index (χ4n) is 3.35. The van der Waals surface area contributed by atoms with E-state index in [-0.39, 0.29) is 23.8 Å². The molecular weight excluding hydrogens is 324 g/mol. The number of aliphatic carboxylic acids is 1. The molecule has 0 radical (unpaired) electrons. The molecule has 2 amide bonds. The largest absolute Gasteiger partial charge is 0.481 e. The molecule has 3 rings (SSSR count). The van der Waals surface area contributed by atoms with Crippen molar-refractivity contribution in [1.29, 1.82) is 0 Å². The van der Waals surface area contributed by atoms with Crippen molar-refractivity contribution in [2.24, 2.45) is 5.92 Å². The molecule has 1 aromatic rings. The highest BCUT2D eigenvalue weighted by molar-refractivity contribution is 5.98. The number of hydrogen-bond acceptors (Lipinski definition) is 4. The lowest BCUT2D eigenvalue weighted by Crippen LogP contribution is -2.33. The number of carbonyl (C=O) groups is 3. The van der Waals surface area contributed by atoms with E-state index in [9.17, 15) is 14.4 Å². The first-order valence-corrected chi connectivity index (χ1v) is 8.59. The van der Waals surface area contributed by atoms with E-state index in [1.807, 2.05) is 0 Å². The number of anilines is 1. The molecule has 1 heterocycles. The Labute approximate surface area is 145 Å². The maximum absolute atomic E-state index is 12.4. The van der Waals surface area contributed by atoms with Gasteiger partial charge in [-0.2, -0.15) is 0 Å². The number of nitrogens with one attached hydrogen (secondary N) is 2. The first-order valence-electron chi connectivity index (χ1n) is 8.59. The second-order valence-electron chi connectivity index (χ2n) is 6.59. The Bertz CT molecular complexity index is 669. The smallest absolute Gasteiger partial charge is 0.306 e. The Hall–Kier alpha value is -2.41. The number of benzene rings is 1. The van der Waals surface area contributed by atoms with E-state index in [0.29, 0.717) is 43.5 Å². The minimum atomic E-state index is -0.810. The fraction of sp³-hybridized carbons (Fsp3) is 0.500. The second-order valence-corrected chi connectivity index (χ2v) is 6.59. The van der Waals surface area contributed by atoms with Gasteiger partial charge < -0.3 is 20.5 Å². The molecule has 0 aromatic heterocycles. The monoisotopic (exact) mass is 346 g/mol. The Kier molecular flexibility index (Phi) is 5.33. The van der Waals surface area contributed by atoms with Crippen molar-refractivity contribution in [3.63, 3.8) is 0 Å². The highest BCUT2D eigenvalue weighted by Crippen LogP contribution is 2.26. The molecule has 1 aliphatic carbocycles. The van der Waals surface area contributed by atoms with Gasteiger partial charge in [0.15, 0.2) is 0 Å². The molecule has 0 spiro atoms. The molecule has 25 heavy (non-hydrogen) atoms. The summed E-state index contributed by atoms with van der Waals surface area (Å²) in [5.41, 5.74) is 0.979. The summed E-state index contributed by atoms with van der Waals surface area (Å²) in [4.78, 5) is 35.5. The van der Waals surface area contributed by atoms with Gasteiger partial charge in [0.2, 0.25) is 0 Å². The average Bonchev–Trinajstić information content (AvgIpc) is 3.27. The van der Waals surface area contributed by atoms with Gasteiger partial charge in [0, 0.05) is 23.9 Å². The molecule has 0 unspecified atom stereocenters. The minimum Gasteiger partial charge on any atom is -0.481 e. The van der Waals surface area contributed by atoms with Gasteiger partial charge in [0.25, 0.3) is 11.8 Å². The van der Waals surface area contributed by atoms with Crippen LogP contribution in [0.3, 0.4) is 0 Å². The van der Waals surface area contributed by atoms with Crippen molar-refractivity contribution in [2.45, 2.75) is 44.2 Å². The first-order chi connectivity index (χ1) is 12.0. The Morgan fingerprint density at radius 1 is 1.16 bits per heavy atom. The van der Waals surface area contributed by atoms with Gasteiger partial charge >= 0.3 is 5.97 Å². The van der Waals surface area contributed by atoms with Crippen LogP contribution in [0.15, 0.2) is 24.3 Å². The van der Waals surface area contributed by atoms with Gasteiger partial charge in [-0.05, 0) is 50.3 Å². The van der Waals surface area contributed by atoms with Crippen LogP contribution in [0, 0.1) is 5.92 Å². The molecule has 7 heteroatoms. The number of carboxylic acids is 1. The van der Waals surface area contributed by atoms with Crippen molar-refractivity contribution in [3.05, 3.63) is 29.8 Å². The third-order valence-corrected chi connectivity index (χ3v) is 4.73. The Balaban J connectivity index is 1.58. The summed E-state index contributed by atoms with van der Waals surface area (Å²) in [5, 5.41) is 14.7. The number of carbonyl (C=O) groups excluding carboxylic acids is 2. The summed E-state index contributed by atoms with van der Waals surface area (Å²) < 4.78 is 5.34. The lowest BCUT2D eigenvalue weighted by atomic mass is 10.1. The lowest BCUT2D eigenvalue weighted by Gasteiger charge is -2.14. The van der Waals surface area contributed by atoms with Crippen molar-refractivity contribution in [2.75, 3.05) is 11.9 Å². The summed E-state index contributed by atoms with van der Waals surface area (Å²) in [6, 6.07) is 6.58. The van der Waals surface area contributed by atoms with Crippen LogP contribution in [-0.4, -0.2) is 41.6 Å². The van der Waals surface area contributed by atoms with Crippen molar-refractivity contribution in [1.82, 2.24) is 5.32 Å². The van der Waals surface area contributed by atoms with E-state index in [0.717, 1.165) is 6.42 Å². The van der Waals surface area contributed by atoms with Gasteiger partial charge in [0.1, 0.15) is 6.10 Å². The Morgan fingerprint density at radius 3 is 2.68 bits per heavy atom. The normalized spacial score (nSPS) is 25.5. The average molecular weight is 346 g/mol. The van der Waals surface area contributed by atoms with Crippen molar-refractivity contribution < 1.29 is 24.2 Å². The van der Waals surface area contributed by atoms with Gasteiger partial charge in [-0.15, -0.1) is 0 Å². The van der Waals surface area contributed by atoms with Gasteiger partial charge in [0.05, 0.1) is 5.92 Å². The quantitative estimate of drug-likeness (QED) is 0.754. The Morgan fingerprint density at radius 2 is 2.00 bits per heavy atom. The third-order valence-electron chi connectivity index (χ3n) is 4.73. The van der Waals surface area contributed by atoms with Crippen LogP contribution in [-0.2, 0) is 14.3 Å². The van der Waals surface area contributed by atoms with Crippen molar-refractivity contribution >= 4 is 23.5 Å². The summed E-state index contributed by atoms with van der Waals surface area (Å²) in [5.74, 6) is -1.66. The molecule has 2 aliphatic rings. The first kappa shape index (κ1) is 17.4. The molecule has 0 bridgehead atoms. The van der Waals surface area contributed by atoms with Gasteiger partial charge in [-0.3, -0.25) is 14.4 Å². The van der Waals surface area contributed by atoms with E-state index in [1.165, 1.54) is 0 Å². The van der Waals surface area contributed by atoms with E-state index in [2.05, 4.69) is 10.6 Å². The zero-order valence-corrected chi connectivity index (χ0v) is 13.9. The summed E-state index contributed by atoms with van der Waals surface area (Å²) in [7, 11) is 0. The molecule has 3 atom stereocenters. The molecule has 134 valence electrons. The van der Waals surface area contributed by atoms with Gasteiger partial charge in [-0.1, -0.05) is 6.07 Å². The zero-order chi connectivity index (χ0) is 17.8. The number of hydrogen-bond donors (Lipinski definition) is 3. The highest BCUT2D eigenvalue weighted by atomic mass is 16.5. The van der Waals surface area contributed by atoms with Crippen LogP contribution < -0.4 is 10.6 Å². The van der Waals surface area contributed by atoms with Crippen LogP contribution in [0.25, 0.3) is 0 Å². The molecule has 1 aliphatic heterocycles. The third kappa shape index (κ3) is 4.36. The van der Waals surface area contributed by atoms with Crippen LogP contribution in [0.1, 0.15) is 42.5 Å². The second kappa shape index (κ2) is 7.65. The van der Waals surface area contributed by atoms with E-state index < -0.39 is 12.1 Å². The van der Waals surface area contributed by atoms with E-state index in [1.54, 1.807) is 24.3 Å². The van der Waals surface area contributed by atoms with Crippen LogP contribution >= 0.6 is 0 Å². The molecule has 2 fully saturated rings. The predicted molar refractivity (Wildman–Crippen MR) is 90.3 cm³/mol. The van der Waals surface area contributed by atoms with E-state index in [4.69, 9.17) is 9.84 Å². The summed E-state index contributed by atoms with van der Waals surface area (Å²) in [6.07, 6.45) is 2.85. The van der Waals surface area contributed by atoms with Crippen molar-refractivity contribution in [3.8, 4) is 0 Å². The van der Waals surface area contributed by atoms with Crippen LogP contribution in [0.4, 0.5) is 5.69 Å². The number of ether oxygens (including phenoxy) is 1. The molecule has 3 N–H and O–H groups in total. The zero-order valence-electron chi connectivity index (χ0n) is 13.9. The maximum Gasteiger partial charge on any atom is 0.306 e. The maximum atomic E-state index is 12.4. The SMILES string of the molecule is O=C(N[C@@H]1CC[C@@H](C(=O)O)C1)c1cccc(NC(=O)[C@H]2CCCO2)c1. The predicted octanol–water partition coefficient (Wildman–Crippen LogP) is 1.79. The summed E-state index contributed by atoms with van der Waals surface area (Å²) >= 11 is 0. The number of amides is 2. The van der Waals surface area contributed by atoms with Crippen LogP contribution in [0.2, 0.25) is 0 Å². The van der Waals surface area contributed by atoms with E-state index >= 15 is 0 Å². The standard InChI is InChI=1S/C18H22N2O5/c21-16(19-14-7-6-12(10-14)18(23)24)11-3-1-4-13(9-11)20-17(22)15-5-2-8-25-15/h1,3-4,9,12,14-15H,2,5-8,10H2,(H,19,21)(H,20,22)(H,23,24)/t12-,14-,15-/m1/s1. The molecule has 1 aromatic carbocycles. The molecule has 1 saturated carbocycles.